The van der Waals surface area contributed by atoms with Gasteiger partial charge in [0.2, 0.25) is 0 Å². The first-order valence-corrected chi connectivity index (χ1v) is 7.32. The lowest BCUT2D eigenvalue weighted by atomic mass is 10.0. The zero-order chi connectivity index (χ0) is 13.2. The molecule has 0 saturated heterocycles. The second-order valence-electron chi connectivity index (χ2n) is 5.08. The third-order valence-corrected chi connectivity index (χ3v) is 3.53. The summed E-state index contributed by atoms with van der Waals surface area (Å²) in [6.07, 6.45) is 5.13. The van der Waals surface area contributed by atoms with E-state index in [2.05, 4.69) is 29.5 Å². The van der Waals surface area contributed by atoms with Crippen LogP contribution in [0.1, 0.15) is 39.5 Å². The Kier molecular flexibility index (Phi) is 11.7. The smallest absolute Gasteiger partial charge is 0.191 e. The summed E-state index contributed by atoms with van der Waals surface area (Å²) in [5, 5.41) is 6.65. The van der Waals surface area contributed by atoms with Gasteiger partial charge in [0.25, 0.3) is 0 Å². The van der Waals surface area contributed by atoms with Crippen molar-refractivity contribution in [3.05, 3.63) is 0 Å². The van der Waals surface area contributed by atoms with Crippen LogP contribution >= 0.6 is 24.0 Å². The highest BCUT2D eigenvalue weighted by molar-refractivity contribution is 14.0. The molecular formula is C14H30IN3O. The molecule has 0 aromatic rings. The number of rotatable bonds is 9. The van der Waals surface area contributed by atoms with E-state index in [0.29, 0.717) is 0 Å². The molecule has 0 radical (unpaired) electrons. The topological polar surface area (TPSA) is 45.7 Å². The fourth-order valence-corrected chi connectivity index (χ4v) is 1.82. The van der Waals surface area contributed by atoms with E-state index in [-0.39, 0.29) is 24.0 Å². The molecular weight excluding hydrogens is 353 g/mol. The van der Waals surface area contributed by atoms with Crippen molar-refractivity contribution in [3.8, 4) is 0 Å². The molecule has 0 aromatic carbocycles. The molecule has 114 valence electrons. The van der Waals surface area contributed by atoms with Crippen molar-refractivity contribution in [2.45, 2.75) is 39.5 Å². The van der Waals surface area contributed by atoms with Gasteiger partial charge in [0, 0.05) is 26.7 Å². The Labute approximate surface area is 135 Å². The van der Waals surface area contributed by atoms with E-state index in [1.807, 2.05) is 7.05 Å². The Balaban J connectivity index is 0.00000324. The fraction of sp³-hybridized carbons (Fsp3) is 0.929. The van der Waals surface area contributed by atoms with Gasteiger partial charge in [-0.15, -0.1) is 24.0 Å². The summed E-state index contributed by atoms with van der Waals surface area (Å²) in [4.78, 5) is 4.21. The summed E-state index contributed by atoms with van der Waals surface area (Å²) in [5.74, 6) is 2.46. The van der Waals surface area contributed by atoms with Gasteiger partial charge in [0.1, 0.15) is 0 Å². The summed E-state index contributed by atoms with van der Waals surface area (Å²) in [6.45, 7) is 7.99. The molecule has 1 fully saturated rings. The van der Waals surface area contributed by atoms with Crippen LogP contribution in [0.25, 0.3) is 0 Å². The third-order valence-electron chi connectivity index (χ3n) is 3.53. The van der Waals surface area contributed by atoms with Crippen molar-refractivity contribution >= 4 is 29.9 Å². The average molecular weight is 383 g/mol. The molecule has 0 unspecified atom stereocenters. The van der Waals surface area contributed by atoms with Gasteiger partial charge in [-0.25, -0.2) is 0 Å². The van der Waals surface area contributed by atoms with Gasteiger partial charge in [0.15, 0.2) is 5.96 Å². The molecule has 2 N–H and O–H groups in total. The van der Waals surface area contributed by atoms with E-state index in [0.717, 1.165) is 44.1 Å². The molecule has 4 nitrogen and oxygen atoms in total. The second-order valence-corrected chi connectivity index (χ2v) is 5.08. The highest BCUT2D eigenvalue weighted by Crippen LogP contribution is 2.28. The lowest BCUT2D eigenvalue weighted by Crippen LogP contribution is -2.41. The van der Waals surface area contributed by atoms with Crippen LogP contribution in [0.5, 0.6) is 0 Å². The van der Waals surface area contributed by atoms with Crippen molar-refractivity contribution in [3.63, 3.8) is 0 Å². The van der Waals surface area contributed by atoms with E-state index in [9.17, 15) is 0 Å². The van der Waals surface area contributed by atoms with Crippen molar-refractivity contribution in [2.24, 2.45) is 16.8 Å². The Morgan fingerprint density at radius 3 is 2.47 bits per heavy atom. The molecule has 1 aliphatic rings. The molecule has 0 atom stereocenters. The molecule has 5 heteroatoms. The zero-order valence-corrected chi connectivity index (χ0v) is 14.9. The van der Waals surface area contributed by atoms with Crippen molar-refractivity contribution in [1.82, 2.24) is 10.6 Å². The predicted molar refractivity (Wildman–Crippen MR) is 92.4 cm³/mol. The van der Waals surface area contributed by atoms with Crippen molar-refractivity contribution in [1.29, 1.82) is 0 Å². The minimum absolute atomic E-state index is 0. The molecule has 0 amide bonds. The largest absolute Gasteiger partial charge is 0.379 e. The van der Waals surface area contributed by atoms with Crippen LogP contribution in [-0.2, 0) is 4.74 Å². The SMILES string of the molecule is CCC(CC)CNC(=NC)NCCOCC1CC1.I. The standard InChI is InChI=1S/C14H29N3O.HI/c1-4-12(5-2)10-17-14(15-3)16-8-9-18-11-13-6-7-13;/h12-13H,4-11H2,1-3H3,(H2,15,16,17);1H. The van der Waals surface area contributed by atoms with Crippen LogP contribution in [0.2, 0.25) is 0 Å². The lowest BCUT2D eigenvalue weighted by molar-refractivity contribution is 0.129. The maximum atomic E-state index is 5.58. The van der Waals surface area contributed by atoms with Crippen molar-refractivity contribution in [2.75, 3.05) is 33.4 Å². The predicted octanol–water partition coefficient (Wildman–Crippen LogP) is 2.63. The monoisotopic (exact) mass is 383 g/mol. The van der Waals surface area contributed by atoms with E-state index >= 15 is 0 Å². The van der Waals surface area contributed by atoms with Gasteiger partial charge < -0.3 is 15.4 Å². The van der Waals surface area contributed by atoms with Crippen LogP contribution in [0.15, 0.2) is 4.99 Å². The number of hydrogen-bond acceptors (Lipinski definition) is 2. The summed E-state index contributed by atoms with van der Waals surface area (Å²) < 4.78 is 5.58. The normalized spacial score (nSPS) is 15.3. The first-order valence-electron chi connectivity index (χ1n) is 7.32. The lowest BCUT2D eigenvalue weighted by Gasteiger charge is -2.16. The zero-order valence-electron chi connectivity index (χ0n) is 12.6. The van der Waals surface area contributed by atoms with Gasteiger partial charge >= 0.3 is 0 Å². The van der Waals surface area contributed by atoms with E-state index in [1.165, 1.54) is 25.7 Å². The molecule has 0 spiro atoms. The first kappa shape index (κ1) is 19.0. The van der Waals surface area contributed by atoms with Crippen LogP contribution in [-0.4, -0.2) is 39.3 Å². The summed E-state index contributed by atoms with van der Waals surface area (Å²) in [6, 6.07) is 0. The maximum absolute atomic E-state index is 5.58. The highest BCUT2D eigenvalue weighted by atomic mass is 127. The van der Waals surface area contributed by atoms with Gasteiger partial charge in [-0.2, -0.15) is 0 Å². The number of hydrogen-bond donors (Lipinski definition) is 2. The number of aliphatic imine (C=N–C) groups is 1. The number of halogens is 1. The quantitative estimate of drug-likeness (QED) is 0.279. The Morgan fingerprint density at radius 2 is 1.95 bits per heavy atom. The Morgan fingerprint density at radius 1 is 1.26 bits per heavy atom. The molecule has 0 bridgehead atoms. The summed E-state index contributed by atoms with van der Waals surface area (Å²) in [5.41, 5.74) is 0. The van der Waals surface area contributed by atoms with Gasteiger partial charge in [-0.3, -0.25) is 4.99 Å². The van der Waals surface area contributed by atoms with E-state index in [1.54, 1.807) is 0 Å². The number of nitrogens with zero attached hydrogens (tertiary/aromatic N) is 1. The van der Waals surface area contributed by atoms with Crippen molar-refractivity contribution < 1.29 is 4.74 Å². The summed E-state index contributed by atoms with van der Waals surface area (Å²) >= 11 is 0. The molecule has 0 aliphatic heterocycles. The Bertz CT molecular complexity index is 241. The molecule has 1 saturated carbocycles. The molecule has 19 heavy (non-hydrogen) atoms. The van der Waals surface area contributed by atoms with Crippen LogP contribution in [0.4, 0.5) is 0 Å². The first-order chi connectivity index (χ1) is 8.80. The third kappa shape index (κ3) is 9.49. The van der Waals surface area contributed by atoms with Gasteiger partial charge in [-0.05, 0) is 24.7 Å². The van der Waals surface area contributed by atoms with Crippen LogP contribution < -0.4 is 10.6 Å². The maximum Gasteiger partial charge on any atom is 0.191 e. The minimum atomic E-state index is 0. The highest BCUT2D eigenvalue weighted by Gasteiger charge is 2.20. The van der Waals surface area contributed by atoms with E-state index in [4.69, 9.17) is 4.74 Å². The Hall–Kier alpha value is -0.0400. The molecule has 0 aromatic heterocycles. The number of ether oxygens (including phenoxy) is 1. The molecule has 1 rings (SSSR count). The average Bonchev–Trinajstić information content (AvgIpc) is 3.21. The van der Waals surface area contributed by atoms with E-state index < -0.39 is 0 Å². The molecule has 0 heterocycles. The van der Waals surface area contributed by atoms with Crippen LogP contribution in [0.3, 0.4) is 0 Å². The number of nitrogens with one attached hydrogen (secondary N) is 2. The van der Waals surface area contributed by atoms with Gasteiger partial charge in [-0.1, -0.05) is 26.7 Å². The minimum Gasteiger partial charge on any atom is -0.379 e. The van der Waals surface area contributed by atoms with Gasteiger partial charge in [0.05, 0.1) is 6.61 Å². The second kappa shape index (κ2) is 11.8. The molecule has 1 aliphatic carbocycles. The number of guanidine groups is 1. The summed E-state index contributed by atoms with van der Waals surface area (Å²) in [7, 11) is 1.81. The van der Waals surface area contributed by atoms with Crippen LogP contribution in [0, 0.1) is 11.8 Å². The fourth-order valence-electron chi connectivity index (χ4n) is 1.82.